The predicted molar refractivity (Wildman–Crippen MR) is 134 cm³/mol. The molecule has 0 fully saturated rings. The van der Waals surface area contributed by atoms with E-state index in [9.17, 15) is 0 Å². The van der Waals surface area contributed by atoms with Crippen molar-refractivity contribution < 1.29 is 78.7 Å². The molecule has 0 spiro atoms. The van der Waals surface area contributed by atoms with E-state index in [2.05, 4.69) is 0 Å². The van der Waals surface area contributed by atoms with Gasteiger partial charge in [-0.1, -0.05) is 0 Å². The van der Waals surface area contributed by atoms with E-state index >= 15 is 0 Å². The van der Waals surface area contributed by atoms with Crippen molar-refractivity contribution in [2.45, 2.75) is 0 Å². The average molecular weight is 588 g/mol. The van der Waals surface area contributed by atoms with Crippen LogP contribution in [0.15, 0.2) is 0 Å². The fourth-order valence-corrected chi connectivity index (χ4v) is 3.18. The van der Waals surface area contributed by atoms with Crippen LogP contribution in [0.25, 0.3) is 0 Å². The van der Waals surface area contributed by atoms with Gasteiger partial charge in [0.05, 0.1) is 80.6 Å². The van der Waals surface area contributed by atoms with Crippen LogP contribution in [0.2, 0.25) is 0 Å². The zero-order valence-electron chi connectivity index (χ0n) is 23.2. The van der Waals surface area contributed by atoms with E-state index in [1.807, 2.05) is 21.1 Å². The van der Waals surface area contributed by atoms with Crippen LogP contribution in [0.5, 0.6) is 0 Å². The molecular formula is C21H54N3O13P. The van der Waals surface area contributed by atoms with Gasteiger partial charge in [0.2, 0.25) is 0 Å². The molecule has 9 N–H and O–H groups in total. The molecule has 0 heterocycles. The van der Waals surface area contributed by atoms with Crippen molar-refractivity contribution in [1.82, 2.24) is 0 Å². The summed E-state index contributed by atoms with van der Waals surface area (Å²) in [5.41, 5.74) is 0. The number of nitrogens with zero attached hydrogens (tertiary/aromatic N) is 3. The van der Waals surface area contributed by atoms with Crippen LogP contribution in [0.1, 0.15) is 0 Å². The fourth-order valence-electron chi connectivity index (χ4n) is 3.18. The van der Waals surface area contributed by atoms with E-state index < -0.39 is 7.82 Å². The van der Waals surface area contributed by atoms with Gasteiger partial charge in [0.25, 0.3) is 0 Å². The molecule has 0 atom stereocenters. The number of hydrogen-bond donors (Lipinski definition) is 9. The maximum Gasteiger partial charge on any atom is 0.102 e. The quantitative estimate of drug-likeness (QED) is 0.0533. The van der Waals surface area contributed by atoms with Crippen LogP contribution in [0, 0.1) is 0 Å². The Balaban J connectivity index is -0.000000209. The molecule has 0 aliphatic carbocycles. The van der Waals surface area contributed by atoms with Gasteiger partial charge in [-0.25, -0.2) is 0 Å². The van der Waals surface area contributed by atoms with E-state index in [0.29, 0.717) is 72.4 Å². The highest BCUT2D eigenvalue weighted by atomic mass is 31.2. The summed E-state index contributed by atoms with van der Waals surface area (Å²) in [5.74, 6) is 0. The summed E-state index contributed by atoms with van der Waals surface area (Å²) in [7, 11) is 0.327. The third-order valence-corrected chi connectivity index (χ3v) is 5.76. The lowest BCUT2D eigenvalue weighted by atomic mass is 10.4. The van der Waals surface area contributed by atoms with Gasteiger partial charge in [0.1, 0.15) is 58.9 Å². The largest absolute Gasteiger partial charge is 0.822 e. The first-order valence-corrected chi connectivity index (χ1v) is 13.7. The minimum atomic E-state index is -5.39. The highest BCUT2D eigenvalue weighted by Crippen LogP contribution is 2.03. The van der Waals surface area contributed by atoms with Crippen LogP contribution in [-0.2, 0) is 4.57 Å². The SMILES string of the molecule is C[N+](CCO)(CCO)CCO.C[N+](CCO)(CCO)CCO.C[N+](CCO)(CCO)CCO.O=P([O-])([O-])[O-]. The molecule has 0 rings (SSSR count). The summed E-state index contributed by atoms with van der Waals surface area (Å²) in [6.07, 6.45) is 0. The number of aliphatic hydroxyl groups is 9. The molecule has 236 valence electrons. The van der Waals surface area contributed by atoms with E-state index in [0.717, 1.165) is 0 Å². The van der Waals surface area contributed by atoms with Gasteiger partial charge in [-0.2, -0.15) is 7.82 Å². The molecule has 0 bridgehead atoms. The molecule has 17 heteroatoms. The summed E-state index contributed by atoms with van der Waals surface area (Å²) in [4.78, 5) is 25.6. The Hall–Kier alpha value is -0.370. The number of aliphatic hydroxyl groups excluding tert-OH is 9. The topological polar surface area (TPSA) is 268 Å². The molecule has 0 aromatic rings. The summed E-state index contributed by atoms with van der Waals surface area (Å²) in [6, 6.07) is 0. The third-order valence-electron chi connectivity index (χ3n) is 5.76. The van der Waals surface area contributed by atoms with Gasteiger partial charge >= 0.3 is 0 Å². The number of quaternary nitrogens is 3. The van der Waals surface area contributed by atoms with E-state index in [1.54, 1.807) is 0 Å². The number of rotatable bonds is 18. The second-order valence-corrected chi connectivity index (χ2v) is 10.2. The van der Waals surface area contributed by atoms with Gasteiger partial charge in [-0.05, 0) is 0 Å². The lowest BCUT2D eigenvalue weighted by Gasteiger charge is -2.36. The van der Waals surface area contributed by atoms with Crippen LogP contribution < -0.4 is 14.7 Å². The van der Waals surface area contributed by atoms with E-state index in [4.69, 9.17) is 65.2 Å². The third kappa shape index (κ3) is 33.7. The fraction of sp³-hybridized carbons (Fsp3) is 1.00. The van der Waals surface area contributed by atoms with Crippen molar-refractivity contribution in [3.63, 3.8) is 0 Å². The van der Waals surface area contributed by atoms with Gasteiger partial charge in [-0.15, -0.1) is 0 Å². The van der Waals surface area contributed by atoms with E-state index in [1.165, 1.54) is 0 Å². The zero-order valence-corrected chi connectivity index (χ0v) is 24.1. The number of hydrogen-bond acceptors (Lipinski definition) is 13. The van der Waals surface area contributed by atoms with E-state index in [-0.39, 0.29) is 59.5 Å². The van der Waals surface area contributed by atoms with Crippen molar-refractivity contribution in [3.8, 4) is 0 Å². The van der Waals surface area contributed by atoms with Crippen molar-refractivity contribution in [3.05, 3.63) is 0 Å². The molecule has 0 aromatic heterocycles. The minimum Gasteiger partial charge on any atom is -0.822 e. The van der Waals surface area contributed by atoms with Crippen LogP contribution in [-0.4, -0.2) is 199 Å². The average Bonchev–Trinajstić information content (AvgIpc) is 2.75. The first-order valence-electron chi connectivity index (χ1n) is 12.3. The van der Waals surface area contributed by atoms with Crippen LogP contribution in [0.4, 0.5) is 0 Å². The molecule has 0 aliphatic rings. The maximum atomic E-state index is 8.68. The molecule has 0 saturated heterocycles. The molecule has 0 unspecified atom stereocenters. The molecule has 0 aromatic carbocycles. The second kappa shape index (κ2) is 26.8. The monoisotopic (exact) mass is 587 g/mol. The van der Waals surface area contributed by atoms with Gasteiger partial charge < -0.3 is 78.7 Å². The highest BCUT2D eigenvalue weighted by Gasteiger charge is 2.20. The Kier molecular flexibility index (Phi) is 31.5. The van der Waals surface area contributed by atoms with Crippen LogP contribution in [0.3, 0.4) is 0 Å². The second-order valence-electron chi connectivity index (χ2n) is 9.33. The standard InChI is InChI=1S/3C7H18NO3.H3O4P/c3*1-8(2-5-9,3-6-10)4-7-11;1-5(2,3)4/h3*9-11H,2-7H2,1H3;(H3,1,2,3,4)/q3*+1;/p-3. The zero-order chi connectivity index (χ0) is 30.7. The molecular weight excluding hydrogens is 533 g/mol. The summed E-state index contributed by atoms with van der Waals surface area (Å²) in [6.45, 7) is 6.10. The smallest absolute Gasteiger partial charge is 0.102 e. The summed E-state index contributed by atoms with van der Waals surface area (Å²) in [5, 5.41) is 78.1. The number of phosphoric acid groups is 1. The predicted octanol–water partition coefficient (Wildman–Crippen LogP) is -7.59. The Morgan fingerprint density at radius 3 is 0.526 bits per heavy atom. The van der Waals surface area contributed by atoms with Crippen molar-refractivity contribution in [2.75, 3.05) is 140 Å². The molecule has 0 aliphatic heterocycles. The normalized spacial score (nSPS) is 12.0. The van der Waals surface area contributed by atoms with Crippen LogP contribution >= 0.6 is 7.82 Å². The van der Waals surface area contributed by atoms with Gasteiger partial charge in [0, 0.05) is 0 Å². The van der Waals surface area contributed by atoms with Crippen molar-refractivity contribution in [2.24, 2.45) is 0 Å². The Bertz CT molecular complexity index is 428. The summed E-state index contributed by atoms with van der Waals surface area (Å²) >= 11 is 0. The minimum absolute atomic E-state index is 0.0938. The Morgan fingerprint density at radius 1 is 0.395 bits per heavy atom. The molecule has 0 amide bonds. The van der Waals surface area contributed by atoms with Crippen molar-refractivity contribution in [1.29, 1.82) is 0 Å². The molecule has 38 heavy (non-hydrogen) atoms. The van der Waals surface area contributed by atoms with Gasteiger partial charge in [0.15, 0.2) is 0 Å². The number of likely N-dealkylation sites (N-methyl/N-ethyl adjacent to an activating group) is 3. The lowest BCUT2D eigenvalue weighted by Crippen LogP contribution is -2.49. The lowest BCUT2D eigenvalue weighted by molar-refractivity contribution is -0.910. The summed E-state index contributed by atoms with van der Waals surface area (Å²) < 4.78 is 10.1. The maximum absolute atomic E-state index is 8.68. The van der Waals surface area contributed by atoms with Crippen molar-refractivity contribution >= 4 is 7.82 Å². The Labute approximate surface area is 226 Å². The highest BCUT2D eigenvalue weighted by molar-refractivity contribution is 7.40. The first kappa shape index (κ1) is 44.6. The molecule has 16 nitrogen and oxygen atoms in total. The van der Waals surface area contributed by atoms with Gasteiger partial charge in [-0.3, -0.25) is 0 Å². The molecule has 0 radical (unpaired) electrons. The first-order chi connectivity index (χ1) is 17.5. The Morgan fingerprint density at radius 2 is 0.474 bits per heavy atom. The molecule has 0 saturated carbocycles.